The Labute approximate surface area is 74.7 Å². The van der Waals surface area contributed by atoms with Crippen molar-refractivity contribution in [2.45, 2.75) is 6.92 Å². The number of rotatable bonds is 2. The van der Waals surface area contributed by atoms with Crippen LogP contribution in [0.2, 0.25) is 0 Å². The molecule has 0 heterocycles. The molecule has 0 atom stereocenters. The van der Waals surface area contributed by atoms with Gasteiger partial charge < -0.3 is 0 Å². The summed E-state index contributed by atoms with van der Waals surface area (Å²) < 4.78 is 25.4. The molecule has 0 fully saturated rings. The van der Waals surface area contributed by atoms with E-state index in [2.05, 4.69) is 0 Å². The number of carbonyl (C=O) groups excluding carboxylic acids is 1. The summed E-state index contributed by atoms with van der Waals surface area (Å²) in [6, 6.07) is 2.88. The van der Waals surface area contributed by atoms with E-state index in [4.69, 9.17) is 0 Å². The molecule has 3 heteroatoms. The van der Waals surface area contributed by atoms with Gasteiger partial charge in [-0.05, 0) is 25.1 Å². The van der Waals surface area contributed by atoms with Gasteiger partial charge in [-0.1, -0.05) is 6.08 Å². The third-order valence-corrected chi connectivity index (χ3v) is 1.51. The molecule has 0 N–H and O–H groups in total. The Morgan fingerprint density at radius 3 is 2.62 bits per heavy atom. The first kappa shape index (κ1) is 9.58. The molecule has 68 valence electrons. The van der Waals surface area contributed by atoms with Gasteiger partial charge in [-0.3, -0.25) is 4.79 Å². The second-order valence-electron chi connectivity index (χ2n) is 2.49. The molecule has 0 aliphatic rings. The number of allylic oxidation sites excluding steroid dienone is 2. The lowest BCUT2D eigenvalue weighted by Crippen LogP contribution is -1.98. The third-order valence-electron chi connectivity index (χ3n) is 1.51. The Bertz CT molecular complexity index is 356. The zero-order valence-corrected chi connectivity index (χ0v) is 7.05. The van der Waals surface area contributed by atoms with Gasteiger partial charge in [-0.15, -0.1) is 0 Å². The summed E-state index contributed by atoms with van der Waals surface area (Å²) in [4.78, 5) is 11.1. The average Bonchev–Trinajstić information content (AvgIpc) is 2.04. The molecule has 1 aromatic rings. The number of hydrogen-bond acceptors (Lipinski definition) is 1. The van der Waals surface area contributed by atoms with Gasteiger partial charge in [0.05, 0.1) is 5.56 Å². The fraction of sp³-hybridized carbons (Fsp3) is 0.100. The van der Waals surface area contributed by atoms with E-state index in [1.54, 1.807) is 6.92 Å². The molecule has 13 heavy (non-hydrogen) atoms. The molecular formula is C10H8F2O. The molecule has 0 aromatic heterocycles. The normalized spacial score (nSPS) is 10.7. The molecular weight excluding hydrogens is 174 g/mol. The highest BCUT2D eigenvalue weighted by Crippen LogP contribution is 2.10. The van der Waals surface area contributed by atoms with Crippen LogP contribution in [0.15, 0.2) is 30.4 Å². The Hall–Kier alpha value is -1.51. The lowest BCUT2D eigenvalue weighted by Gasteiger charge is -1.97. The highest BCUT2D eigenvalue weighted by atomic mass is 19.1. The van der Waals surface area contributed by atoms with Crippen LogP contribution in [0, 0.1) is 11.6 Å². The van der Waals surface area contributed by atoms with Gasteiger partial charge in [-0.2, -0.15) is 0 Å². The van der Waals surface area contributed by atoms with Crippen molar-refractivity contribution in [2.75, 3.05) is 0 Å². The Morgan fingerprint density at radius 2 is 2.08 bits per heavy atom. The molecule has 0 radical (unpaired) electrons. The maximum Gasteiger partial charge on any atom is 0.188 e. The van der Waals surface area contributed by atoms with Gasteiger partial charge in [0.15, 0.2) is 5.78 Å². The van der Waals surface area contributed by atoms with Gasteiger partial charge in [0, 0.05) is 6.07 Å². The first-order chi connectivity index (χ1) is 6.15. The molecule has 0 unspecified atom stereocenters. The predicted octanol–water partition coefficient (Wildman–Crippen LogP) is 2.72. The summed E-state index contributed by atoms with van der Waals surface area (Å²) >= 11 is 0. The van der Waals surface area contributed by atoms with Crippen molar-refractivity contribution in [3.63, 3.8) is 0 Å². The van der Waals surface area contributed by atoms with E-state index in [0.29, 0.717) is 6.07 Å². The number of carbonyl (C=O) groups is 1. The third kappa shape index (κ3) is 2.21. The molecule has 1 rings (SSSR count). The maximum absolute atomic E-state index is 12.9. The van der Waals surface area contributed by atoms with Crippen molar-refractivity contribution >= 4 is 5.78 Å². The largest absolute Gasteiger partial charge is 0.289 e. The molecule has 0 aliphatic carbocycles. The molecule has 0 amide bonds. The van der Waals surface area contributed by atoms with Crippen LogP contribution in [0.5, 0.6) is 0 Å². The van der Waals surface area contributed by atoms with E-state index in [1.165, 1.54) is 12.2 Å². The Kier molecular flexibility index (Phi) is 2.90. The van der Waals surface area contributed by atoms with Crippen LogP contribution in [0.25, 0.3) is 0 Å². The quantitative estimate of drug-likeness (QED) is 0.507. The smallest absolute Gasteiger partial charge is 0.188 e. The minimum Gasteiger partial charge on any atom is -0.289 e. The van der Waals surface area contributed by atoms with E-state index < -0.39 is 17.4 Å². The first-order valence-electron chi connectivity index (χ1n) is 3.77. The van der Waals surface area contributed by atoms with Crippen molar-refractivity contribution in [2.24, 2.45) is 0 Å². The number of hydrogen-bond donors (Lipinski definition) is 0. The molecule has 0 spiro atoms. The average molecular weight is 182 g/mol. The summed E-state index contributed by atoms with van der Waals surface area (Å²) in [5, 5.41) is 0. The van der Waals surface area contributed by atoms with E-state index in [-0.39, 0.29) is 5.56 Å². The summed E-state index contributed by atoms with van der Waals surface area (Å²) in [5.74, 6) is -1.97. The SMILES string of the molecule is CC=CC(=O)c1ccc(F)cc1F. The first-order valence-corrected chi connectivity index (χ1v) is 3.77. The van der Waals surface area contributed by atoms with Gasteiger partial charge in [0.1, 0.15) is 11.6 Å². The van der Waals surface area contributed by atoms with Crippen LogP contribution >= 0.6 is 0 Å². The second kappa shape index (κ2) is 3.94. The Balaban J connectivity index is 3.09. The van der Waals surface area contributed by atoms with Crippen molar-refractivity contribution in [3.05, 3.63) is 47.5 Å². The zero-order valence-electron chi connectivity index (χ0n) is 7.05. The summed E-state index contributed by atoms with van der Waals surface area (Å²) in [7, 11) is 0. The van der Waals surface area contributed by atoms with Crippen molar-refractivity contribution in [1.82, 2.24) is 0 Å². The van der Waals surface area contributed by atoms with Crippen LogP contribution in [0.1, 0.15) is 17.3 Å². The molecule has 0 bridgehead atoms. The number of ketones is 1. The lowest BCUT2D eigenvalue weighted by molar-refractivity contribution is 0.104. The van der Waals surface area contributed by atoms with E-state index in [9.17, 15) is 13.6 Å². The molecule has 0 aliphatic heterocycles. The molecule has 1 aromatic carbocycles. The minimum absolute atomic E-state index is 0.112. The minimum atomic E-state index is -0.830. The molecule has 0 saturated heterocycles. The monoisotopic (exact) mass is 182 g/mol. The van der Waals surface area contributed by atoms with Crippen molar-refractivity contribution in [1.29, 1.82) is 0 Å². The highest BCUT2D eigenvalue weighted by molar-refractivity contribution is 6.04. The molecule has 0 saturated carbocycles. The maximum atomic E-state index is 12.9. The van der Waals surface area contributed by atoms with Crippen molar-refractivity contribution in [3.8, 4) is 0 Å². The lowest BCUT2D eigenvalue weighted by atomic mass is 10.1. The second-order valence-corrected chi connectivity index (χ2v) is 2.49. The van der Waals surface area contributed by atoms with Gasteiger partial charge in [0.2, 0.25) is 0 Å². The number of halogens is 2. The van der Waals surface area contributed by atoms with Gasteiger partial charge in [-0.25, -0.2) is 8.78 Å². The van der Waals surface area contributed by atoms with Crippen LogP contribution in [-0.2, 0) is 0 Å². The standard InChI is InChI=1S/C10H8F2O/c1-2-3-10(13)8-5-4-7(11)6-9(8)12/h2-6H,1H3. The summed E-state index contributed by atoms with van der Waals surface area (Å²) in [5.41, 5.74) is -0.112. The fourth-order valence-corrected chi connectivity index (χ4v) is 0.930. The number of benzene rings is 1. The topological polar surface area (TPSA) is 17.1 Å². The summed E-state index contributed by atoms with van der Waals surface area (Å²) in [6.45, 7) is 1.65. The predicted molar refractivity (Wildman–Crippen MR) is 45.5 cm³/mol. The zero-order chi connectivity index (χ0) is 9.84. The van der Waals surface area contributed by atoms with Gasteiger partial charge in [0.25, 0.3) is 0 Å². The van der Waals surface area contributed by atoms with E-state index >= 15 is 0 Å². The highest BCUT2D eigenvalue weighted by Gasteiger charge is 2.08. The van der Waals surface area contributed by atoms with Crippen molar-refractivity contribution < 1.29 is 13.6 Å². The fourth-order valence-electron chi connectivity index (χ4n) is 0.930. The van der Waals surface area contributed by atoms with E-state index in [0.717, 1.165) is 12.1 Å². The van der Waals surface area contributed by atoms with Crippen LogP contribution in [0.4, 0.5) is 8.78 Å². The van der Waals surface area contributed by atoms with Crippen LogP contribution in [0.3, 0.4) is 0 Å². The van der Waals surface area contributed by atoms with E-state index in [1.807, 2.05) is 0 Å². The summed E-state index contributed by atoms with van der Waals surface area (Å²) in [6.07, 6.45) is 2.74. The molecule has 1 nitrogen and oxygen atoms in total. The Morgan fingerprint density at radius 1 is 1.38 bits per heavy atom. The van der Waals surface area contributed by atoms with Gasteiger partial charge >= 0.3 is 0 Å². The van der Waals surface area contributed by atoms with Crippen LogP contribution < -0.4 is 0 Å². The van der Waals surface area contributed by atoms with Crippen LogP contribution in [-0.4, -0.2) is 5.78 Å².